The minimum Gasteiger partial charge on any atom is -0.389 e. The van der Waals surface area contributed by atoms with Gasteiger partial charge in [-0.1, -0.05) is 0 Å². The van der Waals surface area contributed by atoms with E-state index in [1.54, 1.807) is 20.8 Å². The molecule has 0 atom stereocenters. The Morgan fingerprint density at radius 3 is 2.47 bits per heavy atom. The normalized spacial score (nSPS) is 11.3. The summed E-state index contributed by atoms with van der Waals surface area (Å²) in [6.45, 7) is 5.45. The molecule has 0 heterocycles. The zero-order valence-corrected chi connectivity index (χ0v) is 11.2. The van der Waals surface area contributed by atoms with Crippen molar-refractivity contribution in [3.05, 3.63) is 29.8 Å². The zero-order valence-electron chi connectivity index (χ0n) is 11.2. The first kappa shape index (κ1) is 15.4. The van der Waals surface area contributed by atoms with Crippen LogP contribution in [0, 0.1) is 11.6 Å². The molecule has 0 fully saturated rings. The predicted molar refractivity (Wildman–Crippen MR) is 68.9 cm³/mol. The second-order valence-corrected chi connectivity index (χ2v) is 4.89. The Balaban J connectivity index is 2.74. The average Bonchev–Trinajstić information content (AvgIpc) is 2.29. The fourth-order valence-electron chi connectivity index (χ4n) is 1.57. The van der Waals surface area contributed by atoms with E-state index in [1.807, 2.05) is 0 Å². The molecule has 1 aromatic carbocycles. The van der Waals surface area contributed by atoms with Crippen molar-refractivity contribution in [2.45, 2.75) is 26.4 Å². The molecule has 2 N–H and O–H groups in total. The van der Waals surface area contributed by atoms with E-state index in [4.69, 9.17) is 0 Å². The SMILES string of the molecule is CCN(CC(C)(C)O)C(=O)Nc1ccc(F)c(F)c1. The Morgan fingerprint density at radius 2 is 2.00 bits per heavy atom. The van der Waals surface area contributed by atoms with Crippen molar-refractivity contribution in [1.82, 2.24) is 4.90 Å². The number of nitrogens with zero attached hydrogens (tertiary/aromatic N) is 1. The molecule has 6 heteroatoms. The van der Waals surface area contributed by atoms with Crippen molar-refractivity contribution < 1.29 is 18.7 Å². The number of aliphatic hydroxyl groups is 1. The summed E-state index contributed by atoms with van der Waals surface area (Å²) >= 11 is 0. The fourth-order valence-corrected chi connectivity index (χ4v) is 1.57. The largest absolute Gasteiger partial charge is 0.389 e. The lowest BCUT2D eigenvalue weighted by atomic mass is 10.1. The van der Waals surface area contributed by atoms with Gasteiger partial charge in [0.25, 0.3) is 0 Å². The van der Waals surface area contributed by atoms with Crippen LogP contribution in [0.15, 0.2) is 18.2 Å². The van der Waals surface area contributed by atoms with Gasteiger partial charge in [0, 0.05) is 18.3 Å². The first-order valence-electron chi connectivity index (χ1n) is 5.96. The summed E-state index contributed by atoms with van der Waals surface area (Å²) in [5, 5.41) is 12.1. The van der Waals surface area contributed by atoms with E-state index in [0.717, 1.165) is 12.1 Å². The van der Waals surface area contributed by atoms with Crippen molar-refractivity contribution in [1.29, 1.82) is 0 Å². The summed E-state index contributed by atoms with van der Waals surface area (Å²) in [6, 6.07) is 2.65. The predicted octanol–water partition coefficient (Wildman–Crippen LogP) is 2.59. The van der Waals surface area contributed by atoms with Crippen molar-refractivity contribution in [2.24, 2.45) is 0 Å². The van der Waals surface area contributed by atoms with Crippen molar-refractivity contribution in [3.63, 3.8) is 0 Å². The lowest BCUT2D eigenvalue weighted by molar-refractivity contribution is 0.0501. The maximum atomic E-state index is 13.0. The number of benzene rings is 1. The van der Waals surface area contributed by atoms with Gasteiger partial charge < -0.3 is 15.3 Å². The van der Waals surface area contributed by atoms with Gasteiger partial charge in [0.15, 0.2) is 11.6 Å². The van der Waals surface area contributed by atoms with E-state index in [0.29, 0.717) is 6.54 Å². The van der Waals surface area contributed by atoms with E-state index >= 15 is 0 Å². The standard InChI is InChI=1S/C13H18F2N2O2/c1-4-17(8-13(2,3)19)12(18)16-9-5-6-10(14)11(15)7-9/h5-7,19H,4,8H2,1-3H3,(H,16,18). The van der Waals surface area contributed by atoms with Gasteiger partial charge in [0.2, 0.25) is 0 Å². The number of likely N-dealkylation sites (N-methyl/N-ethyl adjacent to an activating group) is 1. The highest BCUT2D eigenvalue weighted by Gasteiger charge is 2.21. The van der Waals surface area contributed by atoms with E-state index in [-0.39, 0.29) is 12.2 Å². The highest BCUT2D eigenvalue weighted by molar-refractivity contribution is 5.89. The molecule has 0 aliphatic carbocycles. The fraction of sp³-hybridized carbons (Fsp3) is 0.462. The van der Waals surface area contributed by atoms with Crippen LogP contribution in [-0.2, 0) is 0 Å². The Kier molecular flexibility index (Phi) is 4.83. The third-order valence-corrected chi connectivity index (χ3v) is 2.42. The molecular weight excluding hydrogens is 254 g/mol. The smallest absolute Gasteiger partial charge is 0.321 e. The van der Waals surface area contributed by atoms with Gasteiger partial charge in [0.05, 0.1) is 12.1 Å². The van der Waals surface area contributed by atoms with E-state index in [9.17, 15) is 18.7 Å². The summed E-state index contributed by atoms with van der Waals surface area (Å²) in [4.78, 5) is 13.3. The lowest BCUT2D eigenvalue weighted by Gasteiger charge is -2.28. The lowest BCUT2D eigenvalue weighted by Crippen LogP contribution is -2.44. The number of anilines is 1. The van der Waals surface area contributed by atoms with Crippen molar-refractivity contribution in [3.8, 4) is 0 Å². The highest BCUT2D eigenvalue weighted by atomic mass is 19.2. The van der Waals surface area contributed by atoms with Crippen LogP contribution in [0.1, 0.15) is 20.8 Å². The number of carbonyl (C=O) groups is 1. The summed E-state index contributed by atoms with van der Waals surface area (Å²) in [6.07, 6.45) is 0. The number of hydrogen-bond acceptors (Lipinski definition) is 2. The molecule has 0 radical (unpaired) electrons. The third kappa shape index (κ3) is 4.82. The highest BCUT2D eigenvalue weighted by Crippen LogP contribution is 2.14. The molecule has 19 heavy (non-hydrogen) atoms. The molecule has 0 aliphatic heterocycles. The first-order chi connectivity index (χ1) is 8.73. The number of nitrogens with one attached hydrogen (secondary N) is 1. The van der Waals surface area contributed by atoms with Gasteiger partial charge in [-0.3, -0.25) is 0 Å². The minimum atomic E-state index is -1.03. The second-order valence-electron chi connectivity index (χ2n) is 4.89. The molecule has 1 aromatic rings. The molecule has 0 saturated heterocycles. The molecular formula is C13H18F2N2O2. The number of carbonyl (C=O) groups excluding carboxylic acids is 1. The number of halogens is 2. The Hall–Kier alpha value is -1.69. The van der Waals surface area contributed by atoms with E-state index in [1.165, 1.54) is 11.0 Å². The maximum absolute atomic E-state index is 13.0. The van der Waals surface area contributed by atoms with Gasteiger partial charge >= 0.3 is 6.03 Å². The van der Waals surface area contributed by atoms with Gasteiger partial charge in [-0.2, -0.15) is 0 Å². The molecule has 4 nitrogen and oxygen atoms in total. The monoisotopic (exact) mass is 272 g/mol. The molecule has 0 saturated carbocycles. The topological polar surface area (TPSA) is 52.6 Å². The Labute approximate surface area is 111 Å². The molecule has 0 unspecified atom stereocenters. The number of rotatable bonds is 4. The number of hydrogen-bond donors (Lipinski definition) is 2. The summed E-state index contributed by atoms with van der Waals surface area (Å²) in [5.74, 6) is -2.00. The molecule has 0 aliphatic rings. The maximum Gasteiger partial charge on any atom is 0.321 e. The summed E-state index contributed by atoms with van der Waals surface area (Å²) < 4.78 is 25.8. The van der Waals surface area contributed by atoms with E-state index < -0.39 is 23.3 Å². The quantitative estimate of drug-likeness (QED) is 0.885. The number of amides is 2. The molecule has 0 spiro atoms. The first-order valence-corrected chi connectivity index (χ1v) is 5.96. The van der Waals surface area contributed by atoms with Crippen LogP contribution in [0.25, 0.3) is 0 Å². The van der Waals surface area contributed by atoms with Crippen LogP contribution in [0.3, 0.4) is 0 Å². The second kappa shape index (κ2) is 5.97. The van der Waals surface area contributed by atoms with Crippen LogP contribution in [-0.4, -0.2) is 34.7 Å². The molecule has 0 aromatic heterocycles. The zero-order chi connectivity index (χ0) is 14.6. The van der Waals surface area contributed by atoms with Gasteiger partial charge in [0.1, 0.15) is 0 Å². The van der Waals surface area contributed by atoms with E-state index in [2.05, 4.69) is 5.32 Å². The summed E-state index contributed by atoms with van der Waals surface area (Å²) in [7, 11) is 0. The van der Waals surface area contributed by atoms with Crippen LogP contribution < -0.4 is 5.32 Å². The molecule has 0 bridgehead atoms. The molecule has 1 rings (SSSR count). The van der Waals surface area contributed by atoms with Gasteiger partial charge in [-0.05, 0) is 32.9 Å². The van der Waals surface area contributed by atoms with Crippen molar-refractivity contribution in [2.75, 3.05) is 18.4 Å². The molecule has 2 amide bonds. The van der Waals surface area contributed by atoms with Crippen LogP contribution in [0.5, 0.6) is 0 Å². The van der Waals surface area contributed by atoms with Crippen LogP contribution in [0.4, 0.5) is 19.3 Å². The molecule has 106 valence electrons. The van der Waals surface area contributed by atoms with Crippen LogP contribution in [0.2, 0.25) is 0 Å². The summed E-state index contributed by atoms with van der Waals surface area (Å²) in [5.41, 5.74) is -0.861. The van der Waals surface area contributed by atoms with Crippen LogP contribution >= 0.6 is 0 Å². The van der Waals surface area contributed by atoms with Gasteiger partial charge in [-0.25, -0.2) is 13.6 Å². The average molecular weight is 272 g/mol. The Morgan fingerprint density at radius 1 is 1.37 bits per heavy atom. The third-order valence-electron chi connectivity index (χ3n) is 2.42. The Bertz CT molecular complexity index is 458. The van der Waals surface area contributed by atoms with Crippen molar-refractivity contribution >= 4 is 11.7 Å². The van der Waals surface area contributed by atoms with Gasteiger partial charge in [-0.15, -0.1) is 0 Å². The minimum absolute atomic E-state index is 0.138. The number of urea groups is 1.